The quantitative estimate of drug-likeness (QED) is 0.178. The monoisotopic (exact) mass is 619 g/mol. The van der Waals surface area contributed by atoms with Gasteiger partial charge in [0, 0.05) is 56.5 Å². The van der Waals surface area contributed by atoms with E-state index < -0.39 is 25.7 Å². The molecule has 238 valence electrons. The van der Waals surface area contributed by atoms with Crippen LogP contribution >= 0.6 is 0 Å². The fraction of sp³-hybridized carbons (Fsp3) is 0.452. The van der Waals surface area contributed by atoms with Gasteiger partial charge < -0.3 is 40.0 Å². The van der Waals surface area contributed by atoms with Crippen LogP contribution in [0.2, 0.25) is 0 Å². The number of anilines is 2. The smallest absolute Gasteiger partial charge is 0.406 e. The second kappa shape index (κ2) is 15.1. The number of aliphatic hydroxyl groups excluding tert-OH is 1. The van der Waals surface area contributed by atoms with E-state index in [1.807, 2.05) is 6.07 Å². The first-order chi connectivity index (χ1) is 21.1. The van der Waals surface area contributed by atoms with Crippen LogP contribution in [0.3, 0.4) is 0 Å². The Morgan fingerprint density at radius 3 is 2.61 bits per heavy atom. The molecular weight excluding hydrogens is 582 g/mol. The average molecular weight is 620 g/mol. The van der Waals surface area contributed by atoms with Crippen molar-refractivity contribution in [1.82, 2.24) is 14.8 Å². The number of ether oxygens (including phenoxy) is 2. The van der Waals surface area contributed by atoms with Gasteiger partial charge in [0.05, 0.1) is 36.2 Å². The van der Waals surface area contributed by atoms with Crippen molar-refractivity contribution in [3.05, 3.63) is 53.7 Å². The summed E-state index contributed by atoms with van der Waals surface area (Å²) >= 11 is 0. The van der Waals surface area contributed by atoms with Crippen LogP contribution in [0.1, 0.15) is 28.9 Å². The molecule has 3 aromatic rings. The largest absolute Gasteiger partial charge is 0.461 e. The van der Waals surface area contributed by atoms with Crippen LogP contribution in [0.15, 0.2) is 42.5 Å². The summed E-state index contributed by atoms with van der Waals surface area (Å²) in [6.07, 6.45) is -3.39. The summed E-state index contributed by atoms with van der Waals surface area (Å²) < 4.78 is 64.9. The molecule has 1 aliphatic rings. The molecule has 1 atom stereocenters. The highest BCUT2D eigenvalue weighted by Gasteiger charge is 2.30. The van der Waals surface area contributed by atoms with Crippen molar-refractivity contribution in [3.63, 3.8) is 0 Å². The van der Waals surface area contributed by atoms with Crippen LogP contribution < -0.4 is 20.7 Å². The Morgan fingerprint density at radius 2 is 1.93 bits per heavy atom. The van der Waals surface area contributed by atoms with Crippen molar-refractivity contribution in [3.8, 4) is 17.6 Å². The molecule has 1 aliphatic heterocycles. The van der Waals surface area contributed by atoms with Gasteiger partial charge in [-0.05, 0) is 55.2 Å². The van der Waals surface area contributed by atoms with Gasteiger partial charge in [-0.3, -0.25) is 4.79 Å². The summed E-state index contributed by atoms with van der Waals surface area (Å²) in [6.45, 7) is 0.0745. The Kier molecular flexibility index (Phi) is 11.3. The molecule has 1 amide bonds. The second-order valence-corrected chi connectivity index (χ2v) is 10.5. The Morgan fingerprint density at radius 1 is 1.16 bits per heavy atom. The van der Waals surface area contributed by atoms with Gasteiger partial charge in [-0.25, -0.2) is 4.39 Å². The number of benzene rings is 2. The van der Waals surface area contributed by atoms with Crippen molar-refractivity contribution >= 4 is 28.2 Å². The van der Waals surface area contributed by atoms with Crippen LogP contribution in [-0.4, -0.2) is 92.6 Å². The van der Waals surface area contributed by atoms with Gasteiger partial charge in [0.25, 0.3) is 5.91 Å². The number of piperidine rings is 1. The molecule has 9 nitrogen and oxygen atoms in total. The van der Waals surface area contributed by atoms with Gasteiger partial charge in [0.1, 0.15) is 12.3 Å². The standard InChI is InChI=1S/C31H37F4N5O4/c1-36-30(42)21-8-9-27(29(15-21)44-20-32)37-12-4-5-23-16-25-26(6-3-7-28(25)40(23)19-31(33,34)35)38-22-10-13-39(14-11-22)17-24(41)18-43-2/h3,6-9,15-16,22,24,37-38,41H,10-14,17-20H2,1-2H3,(H,36,42). The highest BCUT2D eigenvalue weighted by molar-refractivity contribution is 5.95. The molecule has 0 spiro atoms. The minimum absolute atomic E-state index is 0.0261. The number of nitrogens with one attached hydrogen (secondary N) is 3. The Bertz CT molecular complexity index is 1480. The highest BCUT2D eigenvalue weighted by atomic mass is 19.4. The fourth-order valence-corrected chi connectivity index (χ4v) is 5.29. The average Bonchev–Trinajstić information content (AvgIpc) is 3.33. The SMILES string of the molecule is CNC(=O)c1ccc(NCC#Cc2cc3c(NC4CCN(CC(O)COC)CC4)cccc3n2CC(F)(F)F)c(OCF)c1. The minimum atomic E-state index is -4.46. The van der Waals surface area contributed by atoms with E-state index in [0.717, 1.165) is 36.2 Å². The van der Waals surface area contributed by atoms with E-state index in [2.05, 4.69) is 32.7 Å². The summed E-state index contributed by atoms with van der Waals surface area (Å²) in [5.74, 6) is 5.45. The molecule has 0 radical (unpaired) electrons. The van der Waals surface area contributed by atoms with Gasteiger partial charge in [-0.15, -0.1) is 0 Å². The normalized spacial score (nSPS) is 15.0. The lowest BCUT2D eigenvalue weighted by Crippen LogP contribution is -2.43. The maximum absolute atomic E-state index is 13.6. The number of carbonyl (C=O) groups is 1. The number of methoxy groups -OCH3 is 1. The molecule has 4 rings (SSSR count). The lowest BCUT2D eigenvalue weighted by Gasteiger charge is -2.34. The Balaban J connectivity index is 1.51. The van der Waals surface area contributed by atoms with Gasteiger partial charge in [-0.2, -0.15) is 13.2 Å². The van der Waals surface area contributed by atoms with Crippen LogP contribution in [0.4, 0.5) is 28.9 Å². The van der Waals surface area contributed by atoms with E-state index >= 15 is 0 Å². The minimum Gasteiger partial charge on any atom is -0.461 e. The molecule has 0 saturated carbocycles. The molecule has 1 unspecified atom stereocenters. The van der Waals surface area contributed by atoms with E-state index in [0.29, 0.717) is 23.1 Å². The number of halogens is 4. The van der Waals surface area contributed by atoms with Crippen molar-refractivity contribution in [1.29, 1.82) is 0 Å². The third-order valence-corrected chi connectivity index (χ3v) is 7.32. The molecular formula is C31H37F4N5O4. The van der Waals surface area contributed by atoms with Crippen LogP contribution in [0, 0.1) is 11.8 Å². The van der Waals surface area contributed by atoms with Crippen LogP contribution in [0.5, 0.6) is 5.75 Å². The number of fused-ring (bicyclic) bond motifs is 1. The molecule has 44 heavy (non-hydrogen) atoms. The number of hydrogen-bond donors (Lipinski definition) is 4. The number of hydrogen-bond acceptors (Lipinski definition) is 7. The van der Waals surface area contributed by atoms with Crippen molar-refractivity contribution in [2.45, 2.75) is 37.7 Å². The molecule has 0 aliphatic carbocycles. The maximum atomic E-state index is 13.6. The fourth-order valence-electron chi connectivity index (χ4n) is 5.29. The van der Waals surface area contributed by atoms with Crippen molar-refractivity contribution < 1.29 is 36.9 Å². The highest BCUT2D eigenvalue weighted by Crippen LogP contribution is 2.31. The Hall–Kier alpha value is -3.99. The molecule has 13 heteroatoms. The maximum Gasteiger partial charge on any atom is 0.406 e. The summed E-state index contributed by atoms with van der Waals surface area (Å²) in [4.78, 5) is 14.1. The van der Waals surface area contributed by atoms with Gasteiger partial charge in [0.2, 0.25) is 6.86 Å². The van der Waals surface area contributed by atoms with E-state index in [4.69, 9.17) is 9.47 Å². The number of likely N-dealkylation sites (tertiary alicyclic amines) is 1. The van der Waals surface area contributed by atoms with Crippen LogP contribution in [-0.2, 0) is 11.3 Å². The number of carbonyl (C=O) groups excluding carboxylic acids is 1. The molecule has 0 bridgehead atoms. The van der Waals surface area contributed by atoms with Crippen LogP contribution in [0.25, 0.3) is 10.9 Å². The molecule has 1 fully saturated rings. The summed E-state index contributed by atoms with van der Waals surface area (Å²) in [5, 5.41) is 19.6. The summed E-state index contributed by atoms with van der Waals surface area (Å²) in [7, 11) is 3.02. The predicted molar refractivity (Wildman–Crippen MR) is 161 cm³/mol. The molecule has 4 N–H and O–H groups in total. The van der Waals surface area contributed by atoms with E-state index in [9.17, 15) is 27.5 Å². The molecule has 1 saturated heterocycles. The number of aliphatic hydroxyl groups is 1. The number of β-amino-alcohol motifs (C(OH)–C–C–N with tert-alkyl or cyclic N) is 1. The van der Waals surface area contributed by atoms with E-state index in [-0.39, 0.29) is 42.1 Å². The number of amides is 1. The Labute approximate surface area is 253 Å². The molecule has 1 aromatic heterocycles. The second-order valence-electron chi connectivity index (χ2n) is 10.5. The van der Waals surface area contributed by atoms with E-state index in [1.165, 1.54) is 19.2 Å². The zero-order valence-corrected chi connectivity index (χ0v) is 24.6. The lowest BCUT2D eigenvalue weighted by atomic mass is 10.0. The third kappa shape index (κ3) is 8.78. The number of nitrogens with zero attached hydrogens (tertiary/aromatic N) is 2. The van der Waals surface area contributed by atoms with E-state index in [1.54, 1.807) is 31.4 Å². The zero-order chi connectivity index (χ0) is 31.7. The van der Waals surface area contributed by atoms with Gasteiger partial charge in [-0.1, -0.05) is 12.0 Å². The van der Waals surface area contributed by atoms with Gasteiger partial charge in [0.15, 0.2) is 0 Å². The predicted octanol–water partition coefficient (Wildman–Crippen LogP) is 4.22. The van der Waals surface area contributed by atoms with Crippen molar-refractivity contribution in [2.75, 3.05) is 64.4 Å². The number of rotatable bonds is 12. The van der Waals surface area contributed by atoms with Gasteiger partial charge >= 0.3 is 6.18 Å². The summed E-state index contributed by atoms with van der Waals surface area (Å²) in [6, 6.07) is 11.5. The zero-order valence-electron chi connectivity index (χ0n) is 24.6. The molecule has 2 aromatic carbocycles. The number of alkyl halides is 4. The summed E-state index contributed by atoms with van der Waals surface area (Å²) in [5.41, 5.74) is 2.00. The van der Waals surface area contributed by atoms with Crippen molar-refractivity contribution in [2.24, 2.45) is 0 Å². The molecule has 2 heterocycles. The topological polar surface area (TPSA) is 100 Å². The lowest BCUT2D eigenvalue weighted by molar-refractivity contribution is -0.140. The first kappa shape index (κ1) is 32.9. The number of aromatic nitrogens is 1. The third-order valence-electron chi connectivity index (χ3n) is 7.32. The first-order valence-electron chi connectivity index (χ1n) is 14.2. The first-order valence-corrected chi connectivity index (χ1v) is 14.2.